The summed E-state index contributed by atoms with van der Waals surface area (Å²) in [6.07, 6.45) is 5.33. The zero-order chi connectivity index (χ0) is 44.7. The van der Waals surface area contributed by atoms with Crippen molar-refractivity contribution in [2.75, 3.05) is 33.7 Å². The van der Waals surface area contributed by atoms with E-state index in [4.69, 9.17) is 17.2 Å². The van der Waals surface area contributed by atoms with Crippen molar-refractivity contribution in [3.8, 4) is 0 Å². The number of amides is 5. The predicted molar refractivity (Wildman–Crippen MR) is 231 cm³/mol. The molecule has 3 rings (SSSR count). The Morgan fingerprint density at radius 1 is 0.950 bits per heavy atom. The molecule has 1 aromatic carbocycles. The lowest BCUT2D eigenvalue weighted by atomic mass is 9.85. The van der Waals surface area contributed by atoms with Gasteiger partial charge in [-0.05, 0) is 87.9 Å². The number of likely N-dealkylation sites (N-methyl/N-ethyl adjacent to an activating group) is 2. The third kappa shape index (κ3) is 13.9. The molecule has 12 N–H and O–H groups in total. The van der Waals surface area contributed by atoms with Gasteiger partial charge in [0.05, 0.1) is 6.04 Å². The van der Waals surface area contributed by atoms with E-state index in [1.54, 1.807) is 34.0 Å². The van der Waals surface area contributed by atoms with Crippen LogP contribution in [0.3, 0.4) is 0 Å². The molecule has 18 heteroatoms. The molecule has 2 aromatic rings. The number of likely N-dealkylation sites (tertiary alicyclic amines) is 1. The van der Waals surface area contributed by atoms with Crippen LogP contribution in [-0.2, 0) is 35.2 Å². The summed E-state index contributed by atoms with van der Waals surface area (Å²) in [5.74, 6) is -3.78. The minimum Gasteiger partial charge on any atom is -0.480 e. The zero-order valence-corrected chi connectivity index (χ0v) is 36.4. The third-order valence-electron chi connectivity index (χ3n) is 10.9. The van der Waals surface area contributed by atoms with Crippen LogP contribution in [0.1, 0.15) is 91.5 Å². The molecule has 0 radical (unpaired) electrons. The van der Waals surface area contributed by atoms with E-state index in [9.17, 15) is 33.9 Å². The molecule has 1 saturated heterocycles. The molecule has 0 spiro atoms. The van der Waals surface area contributed by atoms with Gasteiger partial charge < -0.3 is 58.4 Å². The van der Waals surface area contributed by atoms with Crippen molar-refractivity contribution in [3.05, 3.63) is 36.0 Å². The molecule has 0 unspecified atom stereocenters. The fraction of sp³-hybridized carbons (Fsp3) is 0.643. The minimum absolute atomic E-state index is 0.0213. The molecule has 6 atom stereocenters. The van der Waals surface area contributed by atoms with E-state index >= 15 is 0 Å². The standard InChI is InChI=1S/C42H69N11O7/c1-25(2)22-31(40(59)60)50-37(56)34(42(3,4)5)51-36(55)33(23-26-24-48-28-15-9-8-14-27(26)28)52(7)39(58)32-18-13-21-53(32)38(57)30(16-10-11-19-43)49-35(54)29(46-6)17-12-20-47-41(44)45/h8-9,14-15,24-25,29-34,46,48H,10-13,16-23,43H2,1-7H3,(H,49,54)(H,50,56)(H,51,55)(H,59,60)(H4,44,45,47)/t29-,30-,31-,32-,33-,34+/m0/s1. The summed E-state index contributed by atoms with van der Waals surface area (Å²) in [6, 6.07) is 1.59. The van der Waals surface area contributed by atoms with E-state index in [0.717, 1.165) is 16.5 Å². The SMILES string of the molecule is CN[C@@H](CCCN=C(N)N)C(=O)N[C@@H](CCCCN)C(=O)N1CCC[C@H]1C(=O)N(C)[C@@H](Cc1c[nH]c2ccccc12)C(=O)N[C@H](C(=O)N[C@@H](CC(C)C)C(=O)O)C(C)(C)C. The van der Waals surface area contributed by atoms with Crippen molar-refractivity contribution >= 4 is 52.4 Å². The van der Waals surface area contributed by atoms with Crippen molar-refractivity contribution in [2.24, 2.45) is 33.5 Å². The Balaban J connectivity index is 1.94. The number of hydrogen-bond acceptors (Lipinski definition) is 9. The molecule has 0 bridgehead atoms. The van der Waals surface area contributed by atoms with Crippen molar-refractivity contribution in [3.63, 3.8) is 0 Å². The number of H-pyrrole nitrogens is 1. The molecule has 334 valence electrons. The highest BCUT2D eigenvalue weighted by molar-refractivity contribution is 5.97. The number of carboxylic acid groups (broad SMARTS) is 1. The fourth-order valence-corrected chi connectivity index (χ4v) is 7.58. The molecule has 1 aliphatic heterocycles. The molecule has 5 amide bonds. The lowest BCUT2D eigenvalue weighted by Gasteiger charge is -2.36. The number of nitrogens with zero attached hydrogens (tertiary/aromatic N) is 3. The third-order valence-corrected chi connectivity index (χ3v) is 10.9. The number of carbonyl (C=O) groups is 6. The van der Waals surface area contributed by atoms with Crippen LogP contribution in [0.2, 0.25) is 0 Å². The smallest absolute Gasteiger partial charge is 0.326 e. The molecule has 1 aromatic heterocycles. The Labute approximate surface area is 353 Å². The van der Waals surface area contributed by atoms with Gasteiger partial charge in [0.25, 0.3) is 0 Å². The lowest BCUT2D eigenvalue weighted by molar-refractivity contribution is -0.149. The lowest BCUT2D eigenvalue weighted by Crippen LogP contribution is -2.61. The molecule has 1 aliphatic rings. The number of nitrogens with two attached hydrogens (primary N) is 3. The van der Waals surface area contributed by atoms with Crippen LogP contribution < -0.4 is 38.5 Å². The van der Waals surface area contributed by atoms with E-state index in [1.165, 1.54) is 16.8 Å². The van der Waals surface area contributed by atoms with Crippen molar-refractivity contribution in [2.45, 2.75) is 129 Å². The Kier molecular flexibility index (Phi) is 18.8. The zero-order valence-electron chi connectivity index (χ0n) is 36.4. The van der Waals surface area contributed by atoms with Gasteiger partial charge in [0.1, 0.15) is 30.2 Å². The summed E-state index contributed by atoms with van der Waals surface area (Å²) in [7, 11) is 3.16. The van der Waals surface area contributed by atoms with Crippen LogP contribution in [-0.4, -0.2) is 131 Å². The summed E-state index contributed by atoms with van der Waals surface area (Å²) >= 11 is 0. The van der Waals surface area contributed by atoms with E-state index in [2.05, 4.69) is 31.2 Å². The second kappa shape index (κ2) is 23.0. The number of aromatic amines is 1. The number of hydrogen-bond donors (Lipinski definition) is 9. The number of guanidine groups is 1. The summed E-state index contributed by atoms with van der Waals surface area (Å²) in [6.45, 7) is 10.00. The van der Waals surface area contributed by atoms with E-state index in [1.807, 2.05) is 38.1 Å². The molecule has 0 saturated carbocycles. The summed E-state index contributed by atoms with van der Waals surface area (Å²) in [4.78, 5) is 93.0. The van der Waals surface area contributed by atoms with Gasteiger partial charge >= 0.3 is 5.97 Å². The van der Waals surface area contributed by atoms with Gasteiger partial charge in [-0.15, -0.1) is 0 Å². The number of rotatable bonds is 23. The maximum atomic E-state index is 14.6. The summed E-state index contributed by atoms with van der Waals surface area (Å²) in [5, 5.41) is 22.1. The number of fused-ring (bicyclic) bond motifs is 1. The van der Waals surface area contributed by atoms with Crippen molar-refractivity contribution in [1.29, 1.82) is 0 Å². The highest BCUT2D eigenvalue weighted by atomic mass is 16.4. The van der Waals surface area contributed by atoms with E-state index in [0.29, 0.717) is 58.0 Å². The number of unbranched alkanes of at least 4 members (excludes halogenated alkanes) is 1. The highest BCUT2D eigenvalue weighted by Gasteiger charge is 2.43. The van der Waals surface area contributed by atoms with Crippen LogP contribution in [0, 0.1) is 11.3 Å². The first kappa shape index (κ1) is 49.1. The predicted octanol–water partition coefficient (Wildman–Crippen LogP) is 0.930. The Morgan fingerprint density at radius 2 is 1.62 bits per heavy atom. The summed E-state index contributed by atoms with van der Waals surface area (Å²) < 4.78 is 0. The van der Waals surface area contributed by atoms with Gasteiger partial charge in [-0.2, -0.15) is 0 Å². The van der Waals surface area contributed by atoms with Gasteiger partial charge in [-0.3, -0.25) is 29.0 Å². The molecule has 18 nitrogen and oxygen atoms in total. The van der Waals surface area contributed by atoms with Crippen LogP contribution in [0.5, 0.6) is 0 Å². The topological polar surface area (TPSA) is 283 Å². The average molecular weight is 840 g/mol. The molecule has 1 fully saturated rings. The second-order valence-electron chi connectivity index (χ2n) is 17.2. The van der Waals surface area contributed by atoms with Gasteiger partial charge in [0.15, 0.2) is 5.96 Å². The first-order chi connectivity index (χ1) is 28.3. The normalized spacial score (nSPS) is 16.7. The summed E-state index contributed by atoms with van der Waals surface area (Å²) in [5.41, 5.74) is 17.4. The number of carbonyl (C=O) groups excluding carboxylic acids is 5. The van der Waals surface area contributed by atoms with E-state index < -0.39 is 71.3 Å². The number of aliphatic carboxylic acids is 1. The molecular weight excluding hydrogens is 771 g/mol. The van der Waals surface area contributed by atoms with Crippen molar-refractivity contribution in [1.82, 2.24) is 36.1 Å². The monoisotopic (exact) mass is 840 g/mol. The minimum atomic E-state index is -1.18. The number of aliphatic imine (C=N–C) groups is 1. The highest BCUT2D eigenvalue weighted by Crippen LogP contribution is 2.26. The second-order valence-corrected chi connectivity index (χ2v) is 17.2. The molecule has 60 heavy (non-hydrogen) atoms. The Bertz CT molecular complexity index is 1800. The van der Waals surface area contributed by atoms with Gasteiger partial charge in [0, 0.05) is 43.7 Å². The van der Waals surface area contributed by atoms with Crippen LogP contribution in [0.25, 0.3) is 10.9 Å². The molecule has 0 aliphatic carbocycles. The average Bonchev–Trinajstić information content (AvgIpc) is 3.84. The van der Waals surface area contributed by atoms with Crippen LogP contribution in [0.15, 0.2) is 35.5 Å². The van der Waals surface area contributed by atoms with Gasteiger partial charge in [-0.1, -0.05) is 52.8 Å². The number of benzene rings is 1. The maximum absolute atomic E-state index is 14.6. The molecule has 2 heterocycles. The van der Waals surface area contributed by atoms with Crippen molar-refractivity contribution < 1.29 is 33.9 Å². The first-order valence-electron chi connectivity index (χ1n) is 21.0. The van der Waals surface area contributed by atoms with Crippen LogP contribution >= 0.6 is 0 Å². The number of carboxylic acids is 1. The van der Waals surface area contributed by atoms with Gasteiger partial charge in [-0.25, -0.2) is 4.79 Å². The first-order valence-corrected chi connectivity index (χ1v) is 21.0. The number of nitrogens with one attached hydrogen (secondary N) is 5. The quantitative estimate of drug-likeness (QED) is 0.0431. The van der Waals surface area contributed by atoms with Gasteiger partial charge in [0.2, 0.25) is 29.5 Å². The number of para-hydroxylation sites is 1. The maximum Gasteiger partial charge on any atom is 0.326 e. The Hall–Kier alpha value is -5.23. The van der Waals surface area contributed by atoms with Crippen LogP contribution in [0.4, 0.5) is 0 Å². The Morgan fingerprint density at radius 3 is 2.23 bits per heavy atom. The molecular formula is C42H69N11O7. The van der Waals surface area contributed by atoms with E-state index in [-0.39, 0.29) is 37.2 Å². The largest absolute Gasteiger partial charge is 0.480 e. The number of aromatic nitrogens is 1. The fourth-order valence-electron chi connectivity index (χ4n) is 7.58.